The topological polar surface area (TPSA) is 59.7 Å². The number of halogens is 2. The van der Waals surface area contributed by atoms with E-state index in [-0.39, 0.29) is 0 Å². The molecule has 0 aliphatic carbocycles. The monoisotopic (exact) mass is 408 g/mol. The van der Waals surface area contributed by atoms with Crippen molar-refractivity contribution in [2.45, 2.75) is 19.5 Å². The van der Waals surface area contributed by atoms with E-state index in [1.807, 2.05) is 47.4 Å². The van der Waals surface area contributed by atoms with Crippen molar-refractivity contribution in [2.75, 3.05) is 11.9 Å². The third-order valence-corrected chi connectivity index (χ3v) is 4.63. The molecule has 6 nitrogen and oxygen atoms in total. The van der Waals surface area contributed by atoms with Crippen LogP contribution in [0.25, 0.3) is 0 Å². The van der Waals surface area contributed by atoms with Crippen molar-refractivity contribution in [1.82, 2.24) is 24.9 Å². The highest BCUT2D eigenvalue weighted by Gasteiger charge is 2.08. The highest BCUT2D eigenvalue weighted by molar-refractivity contribution is 7.80. The molecule has 9 heteroatoms. The lowest BCUT2D eigenvalue weighted by Gasteiger charge is -2.09. The van der Waals surface area contributed by atoms with Crippen LogP contribution < -0.4 is 10.6 Å². The predicted octanol–water partition coefficient (Wildman–Crippen LogP) is 3.81. The van der Waals surface area contributed by atoms with Gasteiger partial charge in [-0.3, -0.25) is 9.36 Å². The first kappa shape index (κ1) is 18.7. The highest BCUT2D eigenvalue weighted by Crippen LogP contribution is 2.25. The Labute approximate surface area is 167 Å². The van der Waals surface area contributed by atoms with E-state index in [4.69, 9.17) is 35.4 Å². The predicted molar refractivity (Wildman–Crippen MR) is 109 cm³/mol. The highest BCUT2D eigenvalue weighted by atomic mass is 35.5. The minimum Gasteiger partial charge on any atom is -0.362 e. The van der Waals surface area contributed by atoms with Crippen LogP contribution >= 0.6 is 35.4 Å². The fraction of sp³-hybridized carbons (Fsp3) is 0.235. The molecular weight excluding hydrogens is 391 g/mol. The number of benzene rings is 1. The first-order valence-electron chi connectivity index (χ1n) is 8.10. The van der Waals surface area contributed by atoms with Crippen LogP contribution in [0.1, 0.15) is 12.0 Å². The number of aromatic nitrogens is 4. The molecule has 0 aliphatic rings. The molecule has 3 rings (SSSR count). The summed E-state index contributed by atoms with van der Waals surface area (Å²) in [5.74, 6) is 0.665. The quantitative estimate of drug-likeness (QED) is 0.459. The van der Waals surface area contributed by atoms with Crippen LogP contribution in [0.2, 0.25) is 10.0 Å². The van der Waals surface area contributed by atoms with E-state index in [1.54, 1.807) is 10.9 Å². The Bertz CT molecular complexity index is 842. The first-order valence-corrected chi connectivity index (χ1v) is 9.27. The molecule has 136 valence electrons. The third kappa shape index (κ3) is 5.20. The van der Waals surface area contributed by atoms with Crippen LogP contribution in [0.3, 0.4) is 0 Å². The summed E-state index contributed by atoms with van der Waals surface area (Å²) in [6, 6.07) is 9.20. The fourth-order valence-electron chi connectivity index (χ4n) is 2.40. The number of hydrogen-bond acceptors (Lipinski definition) is 3. The van der Waals surface area contributed by atoms with Crippen LogP contribution in [0.15, 0.2) is 48.9 Å². The second kappa shape index (κ2) is 9.02. The van der Waals surface area contributed by atoms with E-state index in [1.165, 1.54) is 0 Å². The van der Waals surface area contributed by atoms with Crippen LogP contribution in [0.5, 0.6) is 0 Å². The smallest absolute Gasteiger partial charge is 0.171 e. The van der Waals surface area contributed by atoms with Crippen molar-refractivity contribution in [3.63, 3.8) is 0 Å². The van der Waals surface area contributed by atoms with Gasteiger partial charge in [0.25, 0.3) is 0 Å². The largest absolute Gasteiger partial charge is 0.362 e. The fourth-order valence-corrected chi connectivity index (χ4v) is 3.12. The van der Waals surface area contributed by atoms with Crippen molar-refractivity contribution >= 4 is 46.4 Å². The van der Waals surface area contributed by atoms with Gasteiger partial charge >= 0.3 is 0 Å². The lowest BCUT2D eigenvalue weighted by molar-refractivity contribution is 0.574. The molecule has 3 aromatic rings. The van der Waals surface area contributed by atoms with Gasteiger partial charge in [0.05, 0.1) is 6.54 Å². The van der Waals surface area contributed by atoms with Crippen LogP contribution in [-0.2, 0) is 13.1 Å². The van der Waals surface area contributed by atoms with E-state index in [2.05, 4.69) is 20.8 Å². The van der Waals surface area contributed by atoms with E-state index in [0.29, 0.717) is 27.5 Å². The average Bonchev–Trinajstić information content (AvgIpc) is 3.27. The summed E-state index contributed by atoms with van der Waals surface area (Å²) >= 11 is 17.7. The molecule has 2 heterocycles. The van der Waals surface area contributed by atoms with Gasteiger partial charge in [-0.1, -0.05) is 29.3 Å². The van der Waals surface area contributed by atoms with E-state index in [9.17, 15) is 0 Å². The van der Waals surface area contributed by atoms with Crippen molar-refractivity contribution in [3.05, 3.63) is 64.5 Å². The van der Waals surface area contributed by atoms with Crippen molar-refractivity contribution in [1.29, 1.82) is 0 Å². The van der Waals surface area contributed by atoms with Crippen molar-refractivity contribution in [2.24, 2.45) is 0 Å². The summed E-state index contributed by atoms with van der Waals surface area (Å²) in [5.41, 5.74) is 0.838. The lowest BCUT2D eigenvalue weighted by Crippen LogP contribution is -2.30. The molecule has 0 aliphatic heterocycles. The molecule has 1 aromatic carbocycles. The third-order valence-electron chi connectivity index (χ3n) is 3.67. The summed E-state index contributed by atoms with van der Waals surface area (Å²) in [6.07, 6.45) is 6.48. The number of hydrogen-bond donors (Lipinski definition) is 2. The van der Waals surface area contributed by atoms with Crippen molar-refractivity contribution in [3.8, 4) is 0 Å². The van der Waals surface area contributed by atoms with Crippen LogP contribution in [-0.4, -0.2) is 31.2 Å². The standard InChI is InChI=1S/C17H18Cl2N6S/c18-14-4-1-5-15(19)13(14)12-25-11-6-16(23-25)22-17(26)20-7-2-9-24-10-3-8-21-24/h1,3-6,8,10-11H,2,7,9,12H2,(H2,20,22,23,26). The maximum Gasteiger partial charge on any atom is 0.171 e. The Hall–Kier alpha value is -2.09. The number of aryl methyl sites for hydroxylation is 1. The Morgan fingerprint density at radius 3 is 2.62 bits per heavy atom. The van der Waals surface area contributed by atoms with Gasteiger partial charge in [0.2, 0.25) is 0 Å². The normalized spacial score (nSPS) is 10.7. The van der Waals surface area contributed by atoms with Crippen LogP contribution in [0, 0.1) is 0 Å². The molecule has 2 aromatic heterocycles. The molecule has 0 amide bonds. The zero-order valence-electron chi connectivity index (χ0n) is 13.9. The maximum atomic E-state index is 6.20. The molecule has 0 atom stereocenters. The van der Waals surface area contributed by atoms with Gasteiger partial charge in [-0.25, -0.2) is 0 Å². The Morgan fingerprint density at radius 1 is 1.08 bits per heavy atom. The molecule has 0 saturated heterocycles. The molecule has 0 unspecified atom stereocenters. The molecule has 0 spiro atoms. The number of rotatable bonds is 7. The SMILES string of the molecule is S=C(NCCCn1cccn1)Nc1ccn(Cc2c(Cl)cccc2Cl)n1. The lowest BCUT2D eigenvalue weighted by atomic mass is 10.2. The Balaban J connectivity index is 1.46. The maximum absolute atomic E-state index is 6.20. The minimum atomic E-state index is 0.490. The van der Waals surface area contributed by atoms with E-state index >= 15 is 0 Å². The summed E-state index contributed by atoms with van der Waals surface area (Å²) in [7, 11) is 0. The number of nitrogens with zero attached hydrogens (tertiary/aromatic N) is 4. The van der Waals surface area contributed by atoms with Gasteiger partial charge in [-0.15, -0.1) is 0 Å². The summed E-state index contributed by atoms with van der Waals surface area (Å²) in [6.45, 7) is 2.09. The Morgan fingerprint density at radius 2 is 1.88 bits per heavy atom. The molecule has 0 fully saturated rings. The second-order valence-electron chi connectivity index (χ2n) is 5.60. The zero-order valence-corrected chi connectivity index (χ0v) is 16.2. The molecular formula is C17H18Cl2N6S. The van der Waals surface area contributed by atoms with Gasteiger partial charge in [-0.2, -0.15) is 10.2 Å². The molecule has 0 radical (unpaired) electrons. The first-order chi connectivity index (χ1) is 12.6. The van der Waals surface area contributed by atoms with E-state index in [0.717, 1.165) is 25.1 Å². The summed E-state index contributed by atoms with van der Waals surface area (Å²) in [5, 5.41) is 16.6. The zero-order chi connectivity index (χ0) is 18.4. The molecule has 0 saturated carbocycles. The van der Waals surface area contributed by atoms with Gasteiger partial charge in [0.1, 0.15) is 0 Å². The second-order valence-corrected chi connectivity index (χ2v) is 6.83. The Kier molecular flexibility index (Phi) is 6.49. The van der Waals surface area contributed by atoms with E-state index < -0.39 is 0 Å². The minimum absolute atomic E-state index is 0.490. The van der Waals surface area contributed by atoms with Crippen molar-refractivity contribution < 1.29 is 0 Å². The van der Waals surface area contributed by atoms with Gasteiger partial charge in [0.15, 0.2) is 10.9 Å². The number of anilines is 1. The summed E-state index contributed by atoms with van der Waals surface area (Å²) in [4.78, 5) is 0. The van der Waals surface area contributed by atoms with Gasteiger partial charge < -0.3 is 10.6 Å². The number of thiocarbonyl (C=S) groups is 1. The van der Waals surface area contributed by atoms with Gasteiger partial charge in [-0.05, 0) is 36.8 Å². The average molecular weight is 409 g/mol. The molecule has 2 N–H and O–H groups in total. The number of nitrogens with one attached hydrogen (secondary N) is 2. The van der Waals surface area contributed by atoms with Crippen LogP contribution in [0.4, 0.5) is 5.82 Å². The molecule has 26 heavy (non-hydrogen) atoms. The molecule has 0 bridgehead atoms. The summed E-state index contributed by atoms with van der Waals surface area (Å²) < 4.78 is 3.65. The van der Waals surface area contributed by atoms with Gasteiger partial charge in [0, 0.05) is 53.4 Å².